The van der Waals surface area contributed by atoms with Gasteiger partial charge in [-0.1, -0.05) is 24.3 Å². The van der Waals surface area contributed by atoms with Gasteiger partial charge in [0.1, 0.15) is 11.5 Å². The average Bonchev–Trinajstić information content (AvgIpc) is 2.56. The van der Waals surface area contributed by atoms with Crippen LogP contribution in [0.2, 0.25) is 0 Å². The third-order valence-corrected chi connectivity index (χ3v) is 3.50. The minimum Gasteiger partial charge on any atom is -0.435 e. The molecule has 2 rings (SSSR count). The summed E-state index contributed by atoms with van der Waals surface area (Å²) in [6.07, 6.45) is 0.0614. The van der Waals surface area contributed by atoms with Crippen LogP contribution in [-0.2, 0) is 11.2 Å². The lowest BCUT2D eigenvalue weighted by Crippen LogP contribution is -2.28. The highest BCUT2D eigenvalue weighted by Crippen LogP contribution is 2.20. The van der Waals surface area contributed by atoms with Gasteiger partial charge in [-0.05, 0) is 42.3 Å². The first kappa shape index (κ1) is 19.6. The van der Waals surface area contributed by atoms with E-state index in [1.807, 2.05) is 0 Å². The SMILES string of the molecule is CC(NC(=O)Cc1ccc(OC(F)F)cc1)c1ccc(OC(F)F)cc1. The van der Waals surface area contributed by atoms with Crippen molar-refractivity contribution < 1.29 is 31.8 Å². The van der Waals surface area contributed by atoms with Crippen LogP contribution in [0.4, 0.5) is 17.6 Å². The Balaban J connectivity index is 1.88. The summed E-state index contributed by atoms with van der Waals surface area (Å²) in [6, 6.07) is 11.4. The highest BCUT2D eigenvalue weighted by molar-refractivity contribution is 5.79. The Morgan fingerprint density at radius 1 is 0.885 bits per heavy atom. The smallest absolute Gasteiger partial charge is 0.387 e. The number of carbonyl (C=O) groups is 1. The maximum Gasteiger partial charge on any atom is 0.387 e. The zero-order chi connectivity index (χ0) is 19.1. The van der Waals surface area contributed by atoms with Gasteiger partial charge in [-0.2, -0.15) is 17.6 Å². The molecule has 4 nitrogen and oxygen atoms in total. The van der Waals surface area contributed by atoms with E-state index in [4.69, 9.17) is 0 Å². The molecule has 1 N–H and O–H groups in total. The molecule has 0 aliphatic rings. The lowest BCUT2D eigenvalue weighted by molar-refractivity contribution is -0.121. The van der Waals surface area contributed by atoms with Gasteiger partial charge in [-0.3, -0.25) is 4.79 Å². The van der Waals surface area contributed by atoms with Crippen molar-refractivity contribution >= 4 is 5.91 Å². The number of carbonyl (C=O) groups excluding carboxylic acids is 1. The number of hydrogen-bond donors (Lipinski definition) is 1. The summed E-state index contributed by atoms with van der Waals surface area (Å²) in [5.41, 5.74) is 1.36. The van der Waals surface area contributed by atoms with E-state index in [1.165, 1.54) is 36.4 Å². The van der Waals surface area contributed by atoms with Gasteiger partial charge in [-0.25, -0.2) is 0 Å². The summed E-state index contributed by atoms with van der Waals surface area (Å²) < 4.78 is 56.9. The number of nitrogens with one attached hydrogen (secondary N) is 1. The number of ether oxygens (including phenoxy) is 2. The Kier molecular flexibility index (Phi) is 6.82. The van der Waals surface area contributed by atoms with Crippen LogP contribution < -0.4 is 14.8 Å². The molecule has 26 heavy (non-hydrogen) atoms. The number of benzene rings is 2. The molecule has 140 valence electrons. The molecule has 0 aliphatic heterocycles. The first-order valence-electron chi connectivity index (χ1n) is 7.71. The third kappa shape index (κ3) is 6.27. The topological polar surface area (TPSA) is 47.6 Å². The van der Waals surface area contributed by atoms with Crippen LogP contribution >= 0.6 is 0 Å². The van der Waals surface area contributed by atoms with E-state index in [0.29, 0.717) is 5.56 Å². The summed E-state index contributed by atoms with van der Waals surface area (Å²) in [5, 5.41) is 2.77. The zero-order valence-electron chi connectivity index (χ0n) is 13.8. The van der Waals surface area contributed by atoms with Crippen molar-refractivity contribution in [2.75, 3.05) is 0 Å². The molecule has 8 heteroatoms. The molecule has 0 saturated heterocycles. The standard InChI is InChI=1S/C18H17F4NO3/c1-11(13-4-8-15(9-5-13)26-18(21)22)23-16(24)10-12-2-6-14(7-3-12)25-17(19)20/h2-9,11,17-18H,10H2,1H3,(H,23,24). The van der Waals surface area contributed by atoms with Gasteiger partial charge in [0.05, 0.1) is 12.5 Å². The van der Waals surface area contributed by atoms with E-state index in [-0.39, 0.29) is 29.9 Å². The number of rotatable bonds is 8. The molecule has 0 radical (unpaired) electrons. The summed E-state index contributed by atoms with van der Waals surface area (Å²) >= 11 is 0. The van der Waals surface area contributed by atoms with Crippen LogP contribution in [0.15, 0.2) is 48.5 Å². The van der Waals surface area contributed by atoms with Crippen molar-refractivity contribution in [1.29, 1.82) is 0 Å². The van der Waals surface area contributed by atoms with Gasteiger partial charge in [0.15, 0.2) is 0 Å². The Morgan fingerprint density at radius 3 is 1.81 bits per heavy atom. The van der Waals surface area contributed by atoms with Gasteiger partial charge in [-0.15, -0.1) is 0 Å². The van der Waals surface area contributed by atoms with Crippen LogP contribution in [0.5, 0.6) is 11.5 Å². The second-order valence-corrected chi connectivity index (χ2v) is 5.44. The van der Waals surface area contributed by atoms with Crippen LogP contribution in [-0.4, -0.2) is 19.1 Å². The van der Waals surface area contributed by atoms with Crippen molar-refractivity contribution in [1.82, 2.24) is 5.32 Å². The fourth-order valence-electron chi connectivity index (χ4n) is 2.29. The first-order valence-corrected chi connectivity index (χ1v) is 7.71. The molecule has 0 spiro atoms. The van der Waals surface area contributed by atoms with Crippen LogP contribution in [0.1, 0.15) is 24.1 Å². The Morgan fingerprint density at radius 2 is 1.35 bits per heavy atom. The van der Waals surface area contributed by atoms with Crippen molar-refractivity contribution in [2.24, 2.45) is 0 Å². The molecule has 0 heterocycles. The predicted molar refractivity (Wildman–Crippen MR) is 86.4 cm³/mol. The van der Waals surface area contributed by atoms with E-state index < -0.39 is 13.2 Å². The largest absolute Gasteiger partial charge is 0.435 e. The number of alkyl halides is 4. The van der Waals surface area contributed by atoms with Crippen molar-refractivity contribution in [3.63, 3.8) is 0 Å². The number of halogens is 4. The monoisotopic (exact) mass is 371 g/mol. The molecule has 0 fully saturated rings. The summed E-state index contributed by atoms with van der Waals surface area (Å²) in [4.78, 5) is 12.1. The molecular weight excluding hydrogens is 354 g/mol. The van der Waals surface area contributed by atoms with Crippen molar-refractivity contribution in [3.05, 3.63) is 59.7 Å². The fraction of sp³-hybridized carbons (Fsp3) is 0.278. The van der Waals surface area contributed by atoms with E-state index >= 15 is 0 Å². The average molecular weight is 371 g/mol. The Bertz CT molecular complexity index is 705. The van der Waals surface area contributed by atoms with Gasteiger partial charge < -0.3 is 14.8 Å². The lowest BCUT2D eigenvalue weighted by Gasteiger charge is -2.15. The van der Waals surface area contributed by atoms with Crippen molar-refractivity contribution in [3.8, 4) is 11.5 Å². The second kappa shape index (κ2) is 9.07. The number of amides is 1. The van der Waals surface area contributed by atoms with E-state index in [1.54, 1.807) is 19.1 Å². The maximum absolute atomic E-state index is 12.1. The molecule has 1 amide bonds. The van der Waals surface area contributed by atoms with E-state index in [9.17, 15) is 22.4 Å². The van der Waals surface area contributed by atoms with Crippen molar-refractivity contribution in [2.45, 2.75) is 32.6 Å². The van der Waals surface area contributed by atoms with Crippen LogP contribution in [0.3, 0.4) is 0 Å². The highest BCUT2D eigenvalue weighted by Gasteiger charge is 2.12. The molecular formula is C18H17F4NO3. The molecule has 1 atom stereocenters. The highest BCUT2D eigenvalue weighted by atomic mass is 19.3. The summed E-state index contributed by atoms with van der Waals surface area (Å²) in [6.45, 7) is -4.04. The summed E-state index contributed by atoms with van der Waals surface area (Å²) in [7, 11) is 0. The minimum atomic E-state index is -2.90. The Labute approximate surface area is 147 Å². The normalized spacial score (nSPS) is 12.1. The lowest BCUT2D eigenvalue weighted by atomic mass is 10.1. The molecule has 0 saturated carbocycles. The number of hydrogen-bond acceptors (Lipinski definition) is 3. The molecule has 0 bridgehead atoms. The van der Waals surface area contributed by atoms with E-state index in [0.717, 1.165) is 5.56 Å². The second-order valence-electron chi connectivity index (χ2n) is 5.44. The quantitative estimate of drug-likeness (QED) is 0.704. The third-order valence-electron chi connectivity index (χ3n) is 3.50. The Hall–Kier alpha value is -2.77. The molecule has 0 aromatic heterocycles. The van der Waals surface area contributed by atoms with Crippen LogP contribution in [0.25, 0.3) is 0 Å². The summed E-state index contributed by atoms with van der Waals surface area (Å²) in [5.74, 6) is -0.218. The van der Waals surface area contributed by atoms with Gasteiger partial charge in [0, 0.05) is 0 Å². The predicted octanol–water partition coefficient (Wildman–Crippen LogP) is 4.31. The van der Waals surface area contributed by atoms with E-state index in [2.05, 4.69) is 14.8 Å². The molecule has 1 unspecified atom stereocenters. The first-order chi connectivity index (χ1) is 12.3. The molecule has 2 aromatic rings. The van der Waals surface area contributed by atoms with Gasteiger partial charge >= 0.3 is 13.2 Å². The van der Waals surface area contributed by atoms with Crippen LogP contribution in [0, 0.1) is 0 Å². The fourth-order valence-corrected chi connectivity index (χ4v) is 2.29. The molecule has 2 aromatic carbocycles. The minimum absolute atomic E-state index is 0.0173. The maximum atomic E-state index is 12.1. The van der Waals surface area contributed by atoms with Gasteiger partial charge in [0.25, 0.3) is 0 Å². The zero-order valence-corrected chi connectivity index (χ0v) is 13.8. The molecule has 0 aliphatic carbocycles. The van der Waals surface area contributed by atoms with Gasteiger partial charge in [0.2, 0.25) is 5.91 Å².